The van der Waals surface area contributed by atoms with E-state index in [0.717, 1.165) is 24.3 Å². The first kappa shape index (κ1) is 13.8. The zero-order chi connectivity index (χ0) is 13.5. The molecule has 1 N–H and O–H groups in total. The van der Waals surface area contributed by atoms with E-state index in [9.17, 15) is 0 Å². The monoisotopic (exact) mass is 260 g/mol. The summed E-state index contributed by atoms with van der Waals surface area (Å²) in [7, 11) is 1.69. The van der Waals surface area contributed by atoms with Crippen molar-refractivity contribution < 1.29 is 9.15 Å². The molecule has 0 spiro atoms. The number of rotatable bonds is 7. The third-order valence-corrected chi connectivity index (χ3v) is 2.98. The van der Waals surface area contributed by atoms with Crippen molar-refractivity contribution in [2.75, 3.05) is 20.3 Å². The van der Waals surface area contributed by atoms with Gasteiger partial charge in [0.05, 0.1) is 19.3 Å². The van der Waals surface area contributed by atoms with Crippen LogP contribution >= 0.6 is 0 Å². The minimum Gasteiger partial charge on any atom is -0.439 e. The quantitative estimate of drug-likeness (QED) is 0.777. The van der Waals surface area contributed by atoms with Gasteiger partial charge < -0.3 is 14.5 Å². The molecule has 0 unspecified atom stereocenters. The van der Waals surface area contributed by atoms with Crippen LogP contribution in [0.5, 0.6) is 0 Å². The average molecular weight is 260 g/mol. The Kier molecular flexibility index (Phi) is 5.12. The van der Waals surface area contributed by atoms with E-state index >= 15 is 0 Å². The van der Waals surface area contributed by atoms with Crippen molar-refractivity contribution in [1.29, 1.82) is 0 Å². The number of benzene rings is 1. The molecule has 4 heteroatoms. The molecule has 0 amide bonds. The largest absolute Gasteiger partial charge is 0.439 e. The molecule has 102 valence electrons. The predicted molar refractivity (Wildman–Crippen MR) is 74.9 cm³/mol. The molecule has 0 saturated heterocycles. The molecule has 2 aromatic rings. The minimum absolute atomic E-state index is 0.623. The highest BCUT2D eigenvalue weighted by Crippen LogP contribution is 2.24. The summed E-state index contributed by atoms with van der Waals surface area (Å²) in [6, 6.07) is 8.26. The van der Waals surface area contributed by atoms with E-state index in [1.807, 2.05) is 12.1 Å². The Morgan fingerprint density at radius 1 is 1.32 bits per heavy atom. The second-order valence-electron chi connectivity index (χ2n) is 4.30. The van der Waals surface area contributed by atoms with Crippen molar-refractivity contribution in [3.8, 4) is 11.3 Å². The highest BCUT2D eigenvalue weighted by Gasteiger charge is 2.09. The third-order valence-electron chi connectivity index (χ3n) is 2.98. The van der Waals surface area contributed by atoms with Gasteiger partial charge in [0, 0.05) is 19.2 Å². The molecule has 1 aromatic heterocycles. The van der Waals surface area contributed by atoms with Gasteiger partial charge in [0.2, 0.25) is 5.89 Å². The molecule has 1 aromatic carbocycles. The molecule has 4 nitrogen and oxygen atoms in total. The first-order valence-electron chi connectivity index (χ1n) is 6.57. The number of ether oxygens (including phenoxy) is 1. The fourth-order valence-corrected chi connectivity index (χ4v) is 1.96. The Balaban J connectivity index is 2.04. The van der Waals surface area contributed by atoms with Crippen LogP contribution in [-0.2, 0) is 17.7 Å². The maximum absolute atomic E-state index is 5.78. The van der Waals surface area contributed by atoms with Gasteiger partial charge in [-0.1, -0.05) is 31.2 Å². The number of nitrogens with zero attached hydrogens (tertiary/aromatic N) is 1. The van der Waals surface area contributed by atoms with Gasteiger partial charge in [-0.15, -0.1) is 0 Å². The number of hydrogen-bond acceptors (Lipinski definition) is 4. The topological polar surface area (TPSA) is 47.3 Å². The first-order chi connectivity index (χ1) is 9.35. The number of aromatic nitrogens is 1. The van der Waals surface area contributed by atoms with Gasteiger partial charge in [-0.25, -0.2) is 4.98 Å². The van der Waals surface area contributed by atoms with Gasteiger partial charge in [0.25, 0.3) is 0 Å². The molecule has 0 bridgehead atoms. The van der Waals surface area contributed by atoms with E-state index in [1.165, 1.54) is 5.56 Å². The molecule has 2 rings (SSSR count). The average Bonchev–Trinajstić information content (AvgIpc) is 2.92. The Morgan fingerprint density at radius 3 is 2.95 bits per heavy atom. The van der Waals surface area contributed by atoms with Crippen molar-refractivity contribution >= 4 is 0 Å². The maximum Gasteiger partial charge on any atom is 0.208 e. The van der Waals surface area contributed by atoms with E-state index < -0.39 is 0 Å². The smallest absolute Gasteiger partial charge is 0.208 e. The molecule has 1 heterocycles. The van der Waals surface area contributed by atoms with Crippen LogP contribution in [0.25, 0.3) is 11.3 Å². The zero-order valence-corrected chi connectivity index (χ0v) is 11.5. The maximum atomic E-state index is 5.78. The Labute approximate surface area is 113 Å². The lowest BCUT2D eigenvalue weighted by Gasteiger charge is -2.03. The molecular formula is C15H20N2O2. The molecular weight excluding hydrogens is 240 g/mol. The standard InChI is InChI=1S/C15H20N2O2/c1-3-12-6-4-5-7-13(12)14-10-17-15(19-14)11-16-8-9-18-2/h4-7,10,16H,3,8-9,11H2,1-2H3. The van der Waals surface area contributed by atoms with Gasteiger partial charge in [0.1, 0.15) is 0 Å². The lowest BCUT2D eigenvalue weighted by atomic mass is 10.0. The van der Waals surface area contributed by atoms with E-state index in [2.05, 4.69) is 29.4 Å². The summed E-state index contributed by atoms with van der Waals surface area (Å²) < 4.78 is 10.7. The van der Waals surface area contributed by atoms with Crippen LogP contribution in [0.2, 0.25) is 0 Å². The number of hydrogen-bond donors (Lipinski definition) is 1. The Morgan fingerprint density at radius 2 is 2.16 bits per heavy atom. The van der Waals surface area contributed by atoms with Crippen molar-refractivity contribution in [2.24, 2.45) is 0 Å². The number of oxazole rings is 1. The Hall–Kier alpha value is -1.65. The lowest BCUT2D eigenvalue weighted by molar-refractivity contribution is 0.198. The van der Waals surface area contributed by atoms with Crippen molar-refractivity contribution in [3.05, 3.63) is 41.9 Å². The summed E-state index contributed by atoms with van der Waals surface area (Å²) >= 11 is 0. The fourth-order valence-electron chi connectivity index (χ4n) is 1.96. The zero-order valence-electron chi connectivity index (χ0n) is 11.5. The normalized spacial score (nSPS) is 10.8. The second kappa shape index (κ2) is 7.07. The first-order valence-corrected chi connectivity index (χ1v) is 6.57. The molecule has 0 aliphatic heterocycles. The summed E-state index contributed by atoms with van der Waals surface area (Å²) in [5, 5.41) is 3.21. The number of aryl methyl sites for hydroxylation is 1. The highest BCUT2D eigenvalue weighted by atomic mass is 16.5. The van der Waals surface area contributed by atoms with Crippen molar-refractivity contribution in [2.45, 2.75) is 19.9 Å². The summed E-state index contributed by atoms with van der Waals surface area (Å²) in [5.74, 6) is 1.54. The van der Waals surface area contributed by atoms with Crippen LogP contribution in [-0.4, -0.2) is 25.2 Å². The van der Waals surface area contributed by atoms with Crippen LogP contribution in [0.1, 0.15) is 18.4 Å². The molecule has 0 saturated carbocycles. The van der Waals surface area contributed by atoms with E-state index in [4.69, 9.17) is 9.15 Å². The van der Waals surface area contributed by atoms with Crippen LogP contribution in [0, 0.1) is 0 Å². The van der Waals surface area contributed by atoms with Gasteiger partial charge in [0.15, 0.2) is 5.76 Å². The van der Waals surface area contributed by atoms with E-state index in [-0.39, 0.29) is 0 Å². The van der Waals surface area contributed by atoms with Crippen LogP contribution in [0.4, 0.5) is 0 Å². The molecule has 0 fully saturated rings. The Bertz CT molecular complexity index is 508. The molecule has 19 heavy (non-hydrogen) atoms. The van der Waals surface area contributed by atoms with Gasteiger partial charge in [-0.2, -0.15) is 0 Å². The highest BCUT2D eigenvalue weighted by molar-refractivity contribution is 5.61. The van der Waals surface area contributed by atoms with Crippen molar-refractivity contribution in [3.63, 3.8) is 0 Å². The molecule has 0 aliphatic carbocycles. The molecule has 0 aliphatic rings. The lowest BCUT2D eigenvalue weighted by Crippen LogP contribution is -2.18. The van der Waals surface area contributed by atoms with Crippen LogP contribution in [0.15, 0.2) is 34.9 Å². The molecule has 0 radical (unpaired) electrons. The SMILES string of the molecule is CCc1ccccc1-c1cnc(CNCCOC)o1. The third kappa shape index (κ3) is 3.66. The predicted octanol–water partition coefficient (Wildman–Crippen LogP) is 2.64. The summed E-state index contributed by atoms with van der Waals surface area (Å²) in [6.07, 6.45) is 2.78. The summed E-state index contributed by atoms with van der Waals surface area (Å²) in [5.41, 5.74) is 2.40. The summed E-state index contributed by atoms with van der Waals surface area (Å²) in [6.45, 7) is 4.24. The van der Waals surface area contributed by atoms with Gasteiger partial charge in [-0.3, -0.25) is 0 Å². The minimum atomic E-state index is 0.623. The fraction of sp³-hybridized carbons (Fsp3) is 0.400. The van der Waals surface area contributed by atoms with E-state index in [1.54, 1.807) is 13.3 Å². The van der Waals surface area contributed by atoms with Crippen molar-refractivity contribution in [1.82, 2.24) is 10.3 Å². The summed E-state index contributed by atoms with van der Waals surface area (Å²) in [4.78, 5) is 4.30. The van der Waals surface area contributed by atoms with E-state index in [0.29, 0.717) is 19.0 Å². The number of nitrogens with one attached hydrogen (secondary N) is 1. The number of methoxy groups -OCH3 is 1. The molecule has 0 atom stereocenters. The second-order valence-corrected chi connectivity index (χ2v) is 4.30. The van der Waals surface area contributed by atoms with Crippen LogP contribution < -0.4 is 5.32 Å². The van der Waals surface area contributed by atoms with Gasteiger partial charge >= 0.3 is 0 Å². The van der Waals surface area contributed by atoms with Crippen LogP contribution in [0.3, 0.4) is 0 Å². The van der Waals surface area contributed by atoms with Gasteiger partial charge in [-0.05, 0) is 12.0 Å².